The number of hydrogen-bond acceptors (Lipinski definition) is 4. The van der Waals surface area contributed by atoms with Gasteiger partial charge in [-0.2, -0.15) is 0 Å². The highest BCUT2D eigenvalue weighted by Crippen LogP contribution is 2.28. The summed E-state index contributed by atoms with van der Waals surface area (Å²) in [6.45, 7) is 5.59. The van der Waals surface area contributed by atoms with Crippen LogP contribution in [0.4, 0.5) is 5.13 Å². The number of nitrogens with one attached hydrogen (secondary N) is 1. The summed E-state index contributed by atoms with van der Waals surface area (Å²) in [6, 6.07) is 7.21. The number of carbonyl (C=O) groups is 2. The van der Waals surface area contributed by atoms with Crippen molar-refractivity contribution < 1.29 is 14.7 Å². The van der Waals surface area contributed by atoms with Crippen molar-refractivity contribution in [2.24, 2.45) is 0 Å². The molecule has 0 unspecified atom stereocenters. The van der Waals surface area contributed by atoms with Crippen LogP contribution in [0.1, 0.15) is 51.1 Å². The third kappa shape index (κ3) is 3.28. The third-order valence-electron chi connectivity index (χ3n) is 3.00. The maximum Gasteiger partial charge on any atom is 0.347 e. The minimum absolute atomic E-state index is 0.0172. The number of aromatic nitrogens is 1. The highest BCUT2D eigenvalue weighted by Gasteiger charge is 2.21. The number of amides is 1. The third-order valence-corrected chi connectivity index (χ3v) is 3.98. The first-order valence-electron chi connectivity index (χ1n) is 6.51. The Bertz CT molecular complexity index is 692. The maximum atomic E-state index is 12.2. The van der Waals surface area contributed by atoms with Crippen LogP contribution in [0.2, 0.25) is 0 Å². The molecule has 0 atom stereocenters. The van der Waals surface area contributed by atoms with Crippen molar-refractivity contribution in [3.05, 3.63) is 46.0 Å². The van der Waals surface area contributed by atoms with E-state index in [9.17, 15) is 14.7 Å². The van der Waals surface area contributed by atoms with Crippen molar-refractivity contribution in [2.75, 3.05) is 5.32 Å². The summed E-state index contributed by atoms with van der Waals surface area (Å²) in [4.78, 5) is 27.8. The second-order valence-corrected chi connectivity index (χ2v) is 5.96. The van der Waals surface area contributed by atoms with E-state index in [1.54, 1.807) is 12.1 Å². The van der Waals surface area contributed by atoms with Gasteiger partial charge in [-0.15, -0.1) is 0 Å². The Morgan fingerprint density at radius 3 is 2.48 bits per heavy atom. The molecule has 1 aromatic carbocycles. The van der Waals surface area contributed by atoms with Gasteiger partial charge >= 0.3 is 5.97 Å². The molecule has 1 aromatic heterocycles. The Labute approximate surface area is 126 Å². The Morgan fingerprint density at radius 1 is 1.29 bits per heavy atom. The molecule has 110 valence electrons. The highest BCUT2D eigenvalue weighted by atomic mass is 32.1. The minimum Gasteiger partial charge on any atom is -0.477 e. The highest BCUT2D eigenvalue weighted by molar-refractivity contribution is 7.17. The number of nitrogens with zero attached hydrogens (tertiary/aromatic N) is 1. The molecule has 0 aliphatic carbocycles. The largest absolute Gasteiger partial charge is 0.477 e. The summed E-state index contributed by atoms with van der Waals surface area (Å²) in [6.07, 6.45) is 0. The topological polar surface area (TPSA) is 79.3 Å². The molecule has 0 radical (unpaired) electrons. The quantitative estimate of drug-likeness (QED) is 0.905. The predicted octanol–water partition coefficient (Wildman–Crippen LogP) is 3.53. The lowest BCUT2D eigenvalue weighted by atomic mass is 10.1. The molecule has 0 aliphatic heterocycles. The van der Waals surface area contributed by atoms with Crippen molar-refractivity contribution in [3.63, 3.8) is 0 Å². The Balaban J connectivity index is 2.28. The molecule has 2 rings (SSSR count). The van der Waals surface area contributed by atoms with Gasteiger partial charge in [-0.05, 0) is 24.5 Å². The molecule has 5 nitrogen and oxygen atoms in total. The van der Waals surface area contributed by atoms with E-state index in [1.165, 1.54) is 0 Å². The van der Waals surface area contributed by atoms with Crippen LogP contribution in [0.25, 0.3) is 0 Å². The summed E-state index contributed by atoms with van der Waals surface area (Å²) >= 11 is 0.982. The van der Waals surface area contributed by atoms with Crippen molar-refractivity contribution in [1.82, 2.24) is 4.98 Å². The van der Waals surface area contributed by atoms with Crippen LogP contribution in [-0.4, -0.2) is 22.0 Å². The van der Waals surface area contributed by atoms with Crippen molar-refractivity contribution in [1.29, 1.82) is 0 Å². The van der Waals surface area contributed by atoms with E-state index < -0.39 is 5.97 Å². The summed E-state index contributed by atoms with van der Waals surface area (Å²) in [7, 11) is 0. The van der Waals surface area contributed by atoms with Crippen LogP contribution in [0, 0.1) is 6.92 Å². The van der Waals surface area contributed by atoms with Gasteiger partial charge in [0.1, 0.15) is 4.88 Å². The van der Waals surface area contributed by atoms with Gasteiger partial charge < -0.3 is 5.11 Å². The average molecular weight is 304 g/mol. The standard InChI is InChI=1S/C15H16N2O3S/c1-8(2)11-12(14(19)20)21-15(16-11)17-13(18)10-7-5-4-6-9(10)3/h4-8H,1-3H3,(H,19,20)(H,16,17,18). The molecule has 0 bridgehead atoms. The first-order chi connectivity index (χ1) is 9.90. The summed E-state index contributed by atoms with van der Waals surface area (Å²) in [5.41, 5.74) is 1.90. The molecule has 0 fully saturated rings. The van der Waals surface area contributed by atoms with Crippen LogP contribution < -0.4 is 5.32 Å². The first-order valence-corrected chi connectivity index (χ1v) is 7.32. The Hall–Kier alpha value is -2.21. The zero-order chi connectivity index (χ0) is 15.6. The molecule has 21 heavy (non-hydrogen) atoms. The average Bonchev–Trinajstić information content (AvgIpc) is 2.83. The molecule has 0 saturated heterocycles. The van der Waals surface area contributed by atoms with E-state index in [-0.39, 0.29) is 16.7 Å². The van der Waals surface area contributed by atoms with Crippen molar-refractivity contribution in [3.8, 4) is 0 Å². The maximum absolute atomic E-state index is 12.2. The van der Waals surface area contributed by atoms with E-state index in [0.29, 0.717) is 16.4 Å². The number of thiazole rings is 1. The van der Waals surface area contributed by atoms with E-state index >= 15 is 0 Å². The van der Waals surface area contributed by atoms with Crippen LogP contribution in [0.3, 0.4) is 0 Å². The smallest absolute Gasteiger partial charge is 0.347 e. The number of anilines is 1. The monoisotopic (exact) mass is 304 g/mol. The SMILES string of the molecule is Cc1ccccc1C(=O)Nc1nc(C(C)C)c(C(=O)O)s1. The molecule has 2 aromatic rings. The Kier molecular flexibility index (Phi) is 4.37. The molecule has 1 amide bonds. The lowest BCUT2D eigenvalue weighted by Crippen LogP contribution is -2.13. The van der Waals surface area contributed by atoms with Gasteiger partial charge in [-0.1, -0.05) is 43.4 Å². The molecular formula is C15H16N2O3S. The number of hydrogen-bond donors (Lipinski definition) is 2. The molecule has 2 N–H and O–H groups in total. The molecule has 0 spiro atoms. The van der Waals surface area contributed by atoms with Crippen LogP contribution in [-0.2, 0) is 0 Å². The number of benzene rings is 1. The fourth-order valence-electron chi connectivity index (χ4n) is 1.92. The van der Waals surface area contributed by atoms with Gasteiger partial charge in [-0.3, -0.25) is 10.1 Å². The summed E-state index contributed by atoms with van der Waals surface area (Å²) in [5, 5.41) is 12.2. The van der Waals surface area contributed by atoms with E-state index in [1.807, 2.05) is 32.9 Å². The molecule has 6 heteroatoms. The van der Waals surface area contributed by atoms with Crippen molar-refractivity contribution >= 4 is 28.3 Å². The normalized spacial score (nSPS) is 10.7. The van der Waals surface area contributed by atoms with Gasteiger partial charge in [0.25, 0.3) is 5.91 Å². The summed E-state index contributed by atoms with van der Waals surface area (Å²) < 4.78 is 0. The number of carboxylic acids is 1. The fraction of sp³-hybridized carbons (Fsp3) is 0.267. The number of carboxylic acid groups (broad SMARTS) is 1. The number of carbonyl (C=O) groups excluding carboxylic acids is 1. The second-order valence-electron chi connectivity index (χ2n) is 4.96. The van der Waals surface area contributed by atoms with E-state index in [4.69, 9.17) is 0 Å². The lowest BCUT2D eigenvalue weighted by molar-refractivity contribution is 0.0700. The van der Waals surface area contributed by atoms with Crippen LogP contribution in [0.5, 0.6) is 0 Å². The predicted molar refractivity (Wildman–Crippen MR) is 82.3 cm³/mol. The van der Waals surface area contributed by atoms with Crippen LogP contribution in [0.15, 0.2) is 24.3 Å². The summed E-state index contributed by atoms with van der Waals surface area (Å²) in [5.74, 6) is -1.32. The molecule has 0 saturated carbocycles. The zero-order valence-electron chi connectivity index (χ0n) is 12.0. The van der Waals surface area contributed by atoms with Crippen LogP contribution >= 0.6 is 11.3 Å². The fourth-order valence-corrected chi connectivity index (χ4v) is 2.88. The lowest BCUT2D eigenvalue weighted by Gasteiger charge is -2.04. The van der Waals surface area contributed by atoms with E-state index in [2.05, 4.69) is 10.3 Å². The first kappa shape index (κ1) is 15.2. The number of aromatic carboxylic acids is 1. The minimum atomic E-state index is -1.02. The van der Waals surface area contributed by atoms with Crippen molar-refractivity contribution in [2.45, 2.75) is 26.7 Å². The van der Waals surface area contributed by atoms with Gasteiger partial charge in [0, 0.05) is 5.56 Å². The number of rotatable bonds is 4. The van der Waals surface area contributed by atoms with Gasteiger partial charge in [-0.25, -0.2) is 9.78 Å². The van der Waals surface area contributed by atoms with Gasteiger partial charge in [0.2, 0.25) is 0 Å². The molecule has 1 heterocycles. The molecule has 0 aliphatic rings. The van der Waals surface area contributed by atoms with Gasteiger partial charge in [0.15, 0.2) is 5.13 Å². The van der Waals surface area contributed by atoms with Gasteiger partial charge in [0.05, 0.1) is 5.69 Å². The Morgan fingerprint density at radius 2 is 1.95 bits per heavy atom. The van der Waals surface area contributed by atoms with E-state index in [0.717, 1.165) is 16.9 Å². The molecular weight excluding hydrogens is 288 g/mol. The zero-order valence-corrected chi connectivity index (χ0v) is 12.8. The number of aryl methyl sites for hydroxylation is 1. The second kappa shape index (κ2) is 6.05.